The van der Waals surface area contributed by atoms with Gasteiger partial charge in [0.1, 0.15) is 5.75 Å². The quantitative estimate of drug-likeness (QED) is 0.657. The third kappa shape index (κ3) is 3.82. The lowest BCUT2D eigenvalue weighted by Crippen LogP contribution is -2.25. The number of phenols is 1. The van der Waals surface area contributed by atoms with Gasteiger partial charge in [-0.15, -0.1) is 0 Å². The Balaban J connectivity index is 1.84. The molecule has 1 fully saturated rings. The Bertz CT molecular complexity index is 719. The van der Waals surface area contributed by atoms with E-state index in [1.807, 2.05) is 30.3 Å². The first-order valence-corrected chi connectivity index (χ1v) is 8.47. The molecular formula is C20H22N2O2. The van der Waals surface area contributed by atoms with Crippen LogP contribution in [0.15, 0.2) is 59.7 Å². The van der Waals surface area contributed by atoms with Crippen LogP contribution in [-0.4, -0.2) is 16.7 Å². The highest BCUT2D eigenvalue weighted by atomic mass is 16.3. The summed E-state index contributed by atoms with van der Waals surface area (Å²) in [6, 6.07) is 16.5. The smallest absolute Gasteiger partial charge is 0.275 e. The topological polar surface area (TPSA) is 61.7 Å². The molecule has 2 N–H and O–H groups in total. The number of rotatable bonds is 4. The van der Waals surface area contributed by atoms with Crippen molar-refractivity contribution in [3.63, 3.8) is 0 Å². The zero-order chi connectivity index (χ0) is 16.8. The highest BCUT2D eigenvalue weighted by molar-refractivity contribution is 6.04. The molecule has 3 rings (SSSR count). The maximum Gasteiger partial charge on any atom is 0.275 e. The third-order valence-electron chi connectivity index (χ3n) is 4.49. The van der Waals surface area contributed by atoms with Crippen molar-refractivity contribution in [2.45, 2.75) is 32.1 Å². The number of benzene rings is 2. The molecular weight excluding hydrogens is 300 g/mol. The van der Waals surface area contributed by atoms with Gasteiger partial charge in [0.25, 0.3) is 5.91 Å². The van der Waals surface area contributed by atoms with Crippen molar-refractivity contribution in [3.8, 4) is 5.75 Å². The minimum Gasteiger partial charge on any atom is -0.507 e. The minimum absolute atomic E-state index is 0.0378. The van der Waals surface area contributed by atoms with Crippen molar-refractivity contribution >= 4 is 11.6 Å². The van der Waals surface area contributed by atoms with Crippen LogP contribution in [0.2, 0.25) is 0 Å². The molecule has 124 valence electrons. The number of aromatic hydroxyl groups is 1. The van der Waals surface area contributed by atoms with E-state index in [9.17, 15) is 9.90 Å². The Morgan fingerprint density at radius 2 is 1.62 bits per heavy atom. The van der Waals surface area contributed by atoms with Crippen molar-refractivity contribution in [2.75, 3.05) is 0 Å². The van der Waals surface area contributed by atoms with E-state index >= 15 is 0 Å². The average Bonchev–Trinajstić information content (AvgIpc) is 2.64. The highest BCUT2D eigenvalue weighted by Gasteiger charge is 2.21. The minimum atomic E-state index is -0.391. The Kier molecular flexibility index (Phi) is 5.26. The molecule has 1 aliphatic rings. The number of nitrogens with zero attached hydrogens (tertiary/aromatic N) is 1. The monoisotopic (exact) mass is 322 g/mol. The van der Waals surface area contributed by atoms with Crippen LogP contribution in [0.1, 0.15) is 48.0 Å². The number of para-hydroxylation sites is 1. The van der Waals surface area contributed by atoms with Gasteiger partial charge >= 0.3 is 0 Å². The highest BCUT2D eigenvalue weighted by Crippen LogP contribution is 2.27. The van der Waals surface area contributed by atoms with Crippen molar-refractivity contribution in [1.82, 2.24) is 5.43 Å². The van der Waals surface area contributed by atoms with E-state index < -0.39 is 5.91 Å². The summed E-state index contributed by atoms with van der Waals surface area (Å²) in [5, 5.41) is 14.2. The lowest BCUT2D eigenvalue weighted by Gasteiger charge is -2.23. The molecule has 0 bridgehead atoms. The summed E-state index contributed by atoms with van der Waals surface area (Å²) in [6.07, 6.45) is 5.86. The summed E-state index contributed by atoms with van der Waals surface area (Å²) in [7, 11) is 0. The number of phenolic OH excluding ortho intramolecular Hbond substituents is 1. The van der Waals surface area contributed by atoms with E-state index in [-0.39, 0.29) is 11.3 Å². The number of carbonyl (C=O) groups is 1. The SMILES string of the molecule is O=C(N/N=C(\c1ccccc1)C1CCCCC1)c1ccccc1O. The molecule has 0 unspecified atom stereocenters. The molecule has 1 aliphatic carbocycles. The molecule has 2 aromatic carbocycles. The van der Waals surface area contributed by atoms with E-state index in [2.05, 4.69) is 10.5 Å². The first kappa shape index (κ1) is 16.2. The molecule has 1 saturated carbocycles. The number of nitrogens with one attached hydrogen (secondary N) is 1. The Morgan fingerprint density at radius 3 is 2.33 bits per heavy atom. The van der Waals surface area contributed by atoms with E-state index in [1.165, 1.54) is 25.3 Å². The second kappa shape index (κ2) is 7.77. The maximum atomic E-state index is 12.3. The molecule has 0 saturated heterocycles. The van der Waals surface area contributed by atoms with Crippen LogP contribution in [0.5, 0.6) is 5.75 Å². The van der Waals surface area contributed by atoms with Crippen LogP contribution >= 0.6 is 0 Å². The standard InChI is InChI=1S/C20H22N2O2/c23-18-14-8-7-13-17(18)20(24)22-21-19(15-9-3-1-4-10-15)16-11-5-2-6-12-16/h1,3-4,7-10,13-14,16,23H,2,5-6,11-12H2,(H,22,24)/b21-19+. The van der Waals surface area contributed by atoms with Gasteiger partial charge in [0.2, 0.25) is 0 Å². The van der Waals surface area contributed by atoms with E-state index in [4.69, 9.17) is 0 Å². The molecule has 1 amide bonds. The fourth-order valence-electron chi connectivity index (χ4n) is 3.21. The maximum absolute atomic E-state index is 12.3. The predicted molar refractivity (Wildman–Crippen MR) is 95.1 cm³/mol. The zero-order valence-electron chi connectivity index (χ0n) is 13.6. The summed E-state index contributed by atoms with van der Waals surface area (Å²) in [5.41, 5.74) is 4.83. The van der Waals surface area contributed by atoms with Crippen LogP contribution < -0.4 is 5.43 Å². The molecule has 0 aliphatic heterocycles. The van der Waals surface area contributed by atoms with Gasteiger partial charge in [0.15, 0.2) is 0 Å². The van der Waals surface area contributed by atoms with E-state index in [0.29, 0.717) is 5.92 Å². The number of hydrazone groups is 1. The molecule has 4 nitrogen and oxygen atoms in total. The molecule has 2 aromatic rings. The second-order valence-electron chi connectivity index (χ2n) is 6.16. The van der Waals surface area contributed by atoms with E-state index in [0.717, 1.165) is 24.1 Å². The normalized spacial score (nSPS) is 15.9. The van der Waals surface area contributed by atoms with Crippen LogP contribution in [-0.2, 0) is 0 Å². The molecule has 0 heterocycles. The van der Waals surface area contributed by atoms with Gasteiger partial charge in [-0.2, -0.15) is 5.10 Å². The predicted octanol–water partition coefficient (Wildman–Crippen LogP) is 4.11. The summed E-state index contributed by atoms with van der Waals surface area (Å²) in [6.45, 7) is 0. The van der Waals surface area contributed by atoms with Crippen molar-refractivity contribution in [2.24, 2.45) is 11.0 Å². The Morgan fingerprint density at radius 1 is 0.958 bits per heavy atom. The molecule has 0 spiro atoms. The van der Waals surface area contributed by atoms with Crippen molar-refractivity contribution < 1.29 is 9.90 Å². The van der Waals surface area contributed by atoms with Crippen LogP contribution in [0, 0.1) is 5.92 Å². The number of hydrogen-bond acceptors (Lipinski definition) is 3. The Hall–Kier alpha value is -2.62. The summed E-state index contributed by atoms with van der Waals surface area (Å²) >= 11 is 0. The Labute approximate surface area is 142 Å². The zero-order valence-corrected chi connectivity index (χ0v) is 13.6. The van der Waals surface area contributed by atoms with Gasteiger partial charge in [0, 0.05) is 5.92 Å². The molecule has 0 radical (unpaired) electrons. The van der Waals surface area contributed by atoms with Crippen LogP contribution in [0.25, 0.3) is 0 Å². The summed E-state index contributed by atoms with van der Waals surface area (Å²) < 4.78 is 0. The molecule has 0 atom stereocenters. The first-order chi connectivity index (χ1) is 11.8. The lowest BCUT2D eigenvalue weighted by molar-refractivity contribution is 0.0952. The molecule has 4 heteroatoms. The lowest BCUT2D eigenvalue weighted by atomic mass is 9.83. The van der Waals surface area contributed by atoms with E-state index in [1.54, 1.807) is 18.2 Å². The van der Waals surface area contributed by atoms with Gasteiger partial charge in [-0.3, -0.25) is 4.79 Å². The van der Waals surface area contributed by atoms with Gasteiger partial charge < -0.3 is 5.11 Å². The fourth-order valence-corrected chi connectivity index (χ4v) is 3.21. The van der Waals surface area contributed by atoms with Crippen molar-refractivity contribution in [1.29, 1.82) is 0 Å². The first-order valence-electron chi connectivity index (χ1n) is 8.47. The molecule has 24 heavy (non-hydrogen) atoms. The van der Waals surface area contributed by atoms with Gasteiger partial charge in [0.05, 0.1) is 11.3 Å². The fraction of sp³-hybridized carbons (Fsp3) is 0.300. The van der Waals surface area contributed by atoms with Gasteiger partial charge in [-0.25, -0.2) is 5.43 Å². The summed E-state index contributed by atoms with van der Waals surface area (Å²) in [4.78, 5) is 12.3. The number of amides is 1. The second-order valence-corrected chi connectivity index (χ2v) is 6.16. The largest absolute Gasteiger partial charge is 0.507 e. The summed E-state index contributed by atoms with van der Waals surface area (Å²) in [5.74, 6) is -0.0627. The number of carbonyl (C=O) groups excluding carboxylic acids is 1. The average molecular weight is 322 g/mol. The van der Waals surface area contributed by atoms with Crippen molar-refractivity contribution in [3.05, 3.63) is 65.7 Å². The van der Waals surface area contributed by atoms with Gasteiger partial charge in [-0.1, -0.05) is 61.7 Å². The molecule has 0 aromatic heterocycles. The van der Waals surface area contributed by atoms with Crippen LogP contribution in [0.4, 0.5) is 0 Å². The number of hydrogen-bond donors (Lipinski definition) is 2. The van der Waals surface area contributed by atoms with Gasteiger partial charge in [-0.05, 0) is 30.5 Å². The van der Waals surface area contributed by atoms with Crippen LogP contribution in [0.3, 0.4) is 0 Å². The third-order valence-corrected chi connectivity index (χ3v) is 4.49.